The molecule has 5 atom stereocenters. The van der Waals surface area contributed by atoms with Gasteiger partial charge in [0.2, 0.25) is 17.7 Å². The topological polar surface area (TPSA) is 279 Å². The van der Waals surface area contributed by atoms with Crippen molar-refractivity contribution in [1.29, 1.82) is 0 Å². The predicted octanol–water partition coefficient (Wildman–Crippen LogP) is -2.97. The summed E-state index contributed by atoms with van der Waals surface area (Å²) in [5, 5.41) is 17.2. The van der Waals surface area contributed by atoms with E-state index in [2.05, 4.69) is 25.9 Å². The van der Waals surface area contributed by atoms with Crippen LogP contribution < -0.4 is 44.6 Å². The molecule has 0 aromatic rings. The fraction of sp³-hybridized carbons (Fsp3) is 0.714. The summed E-state index contributed by atoms with van der Waals surface area (Å²) in [4.78, 5) is 57.5. The summed E-state index contributed by atoms with van der Waals surface area (Å²) in [5.74, 6) is -3.61. The molecule has 0 spiro atoms. The van der Waals surface area contributed by atoms with Gasteiger partial charge < -0.3 is 49.7 Å². The molecular formula is C21H42N10O5. The molecule has 0 heterocycles. The molecule has 0 saturated carbocycles. The summed E-state index contributed by atoms with van der Waals surface area (Å²) >= 11 is 0. The average Bonchev–Trinajstić information content (AvgIpc) is 2.79. The van der Waals surface area contributed by atoms with E-state index in [0.717, 1.165) is 0 Å². The second-order valence-corrected chi connectivity index (χ2v) is 8.52. The quantitative estimate of drug-likeness (QED) is 0.0539. The number of hydrogen-bond donors (Lipinski definition) is 9. The van der Waals surface area contributed by atoms with Gasteiger partial charge in [0, 0.05) is 13.1 Å². The van der Waals surface area contributed by atoms with Gasteiger partial charge in [-0.05, 0) is 38.5 Å². The zero-order valence-corrected chi connectivity index (χ0v) is 21.2. The van der Waals surface area contributed by atoms with Crippen LogP contribution in [-0.2, 0) is 19.2 Å². The molecule has 15 heteroatoms. The minimum atomic E-state index is -1.23. The van der Waals surface area contributed by atoms with E-state index in [1.54, 1.807) is 6.92 Å². The molecule has 15 nitrogen and oxygen atoms in total. The number of aliphatic carboxylic acids is 1. The van der Waals surface area contributed by atoms with Crippen molar-refractivity contribution in [2.24, 2.45) is 44.6 Å². The highest BCUT2D eigenvalue weighted by Crippen LogP contribution is 2.11. The molecule has 0 aliphatic carbocycles. The van der Waals surface area contributed by atoms with Crippen molar-refractivity contribution < 1.29 is 24.3 Å². The molecule has 0 fully saturated rings. The summed E-state index contributed by atoms with van der Waals surface area (Å²) in [6, 6.07) is -4.12. The Morgan fingerprint density at radius 1 is 0.778 bits per heavy atom. The largest absolute Gasteiger partial charge is 0.480 e. The Hall–Kier alpha value is -3.62. The van der Waals surface area contributed by atoms with Crippen molar-refractivity contribution in [3.8, 4) is 0 Å². The smallest absolute Gasteiger partial charge is 0.326 e. The van der Waals surface area contributed by atoms with E-state index in [4.69, 9.17) is 28.7 Å². The Kier molecular flexibility index (Phi) is 15.2. The van der Waals surface area contributed by atoms with Crippen LogP contribution in [0.1, 0.15) is 52.9 Å². The highest BCUT2D eigenvalue weighted by atomic mass is 16.4. The standard InChI is InChI=1S/C21H42N10O5/c1-4-11(2)15(18(34)30-14(19(35)36)8-6-10-28-21(25)26)31-17(33)13(29-16(32)12(3)22)7-5-9-27-20(23)24/h11-15H,4-10,22H2,1-3H3,(H,29,32)(H,30,34)(H,31,33)(H,35,36)(H4,23,24,27)(H4,25,26,28). The second-order valence-electron chi connectivity index (χ2n) is 8.52. The number of nitrogens with two attached hydrogens (primary N) is 5. The van der Waals surface area contributed by atoms with Gasteiger partial charge in [0.25, 0.3) is 0 Å². The Morgan fingerprint density at radius 3 is 1.67 bits per heavy atom. The molecule has 5 unspecified atom stereocenters. The van der Waals surface area contributed by atoms with Crippen LogP contribution in [0.25, 0.3) is 0 Å². The van der Waals surface area contributed by atoms with Crippen LogP contribution >= 0.6 is 0 Å². The molecule has 0 saturated heterocycles. The third-order valence-electron chi connectivity index (χ3n) is 5.34. The van der Waals surface area contributed by atoms with Crippen LogP contribution in [0.3, 0.4) is 0 Å². The molecule has 36 heavy (non-hydrogen) atoms. The molecule has 0 radical (unpaired) electrons. The number of amides is 3. The maximum atomic E-state index is 13.1. The lowest BCUT2D eigenvalue weighted by atomic mass is 9.96. The van der Waals surface area contributed by atoms with Crippen LogP contribution in [0.15, 0.2) is 9.98 Å². The van der Waals surface area contributed by atoms with Gasteiger partial charge in [0.15, 0.2) is 11.9 Å². The molecule has 14 N–H and O–H groups in total. The Labute approximate surface area is 211 Å². The van der Waals surface area contributed by atoms with Crippen LogP contribution in [-0.4, -0.2) is 78.0 Å². The van der Waals surface area contributed by atoms with Crippen molar-refractivity contribution in [3.05, 3.63) is 0 Å². The number of hydrogen-bond acceptors (Lipinski definition) is 7. The van der Waals surface area contributed by atoms with Gasteiger partial charge in [-0.1, -0.05) is 20.3 Å². The lowest BCUT2D eigenvalue weighted by molar-refractivity contribution is -0.143. The van der Waals surface area contributed by atoms with Crippen molar-refractivity contribution in [2.45, 2.75) is 77.0 Å². The van der Waals surface area contributed by atoms with E-state index in [1.807, 2.05) is 6.92 Å². The van der Waals surface area contributed by atoms with E-state index in [9.17, 15) is 24.3 Å². The zero-order chi connectivity index (χ0) is 27.8. The summed E-state index contributed by atoms with van der Waals surface area (Å²) in [6.45, 7) is 5.47. The third kappa shape index (κ3) is 13.3. The zero-order valence-electron chi connectivity index (χ0n) is 21.2. The van der Waals surface area contributed by atoms with E-state index in [1.165, 1.54) is 6.92 Å². The summed E-state index contributed by atoms with van der Waals surface area (Å²) in [7, 11) is 0. The molecule has 3 amide bonds. The van der Waals surface area contributed by atoms with Gasteiger partial charge in [-0.15, -0.1) is 0 Å². The minimum Gasteiger partial charge on any atom is -0.480 e. The summed E-state index contributed by atoms with van der Waals surface area (Å²) < 4.78 is 0. The van der Waals surface area contributed by atoms with Crippen molar-refractivity contribution in [1.82, 2.24) is 16.0 Å². The van der Waals surface area contributed by atoms with Crippen LogP contribution in [0.5, 0.6) is 0 Å². The second kappa shape index (κ2) is 16.9. The first-order chi connectivity index (χ1) is 16.8. The molecule has 206 valence electrons. The fourth-order valence-electron chi connectivity index (χ4n) is 3.05. The van der Waals surface area contributed by atoms with Crippen molar-refractivity contribution >= 4 is 35.6 Å². The van der Waals surface area contributed by atoms with Crippen LogP contribution in [0.2, 0.25) is 0 Å². The highest BCUT2D eigenvalue weighted by Gasteiger charge is 2.32. The summed E-state index contributed by atoms with van der Waals surface area (Å²) in [5.41, 5.74) is 26.7. The number of nitrogens with one attached hydrogen (secondary N) is 3. The maximum Gasteiger partial charge on any atom is 0.326 e. The van der Waals surface area contributed by atoms with E-state index in [0.29, 0.717) is 19.3 Å². The SMILES string of the molecule is CCC(C)C(NC(=O)C(CCCN=C(N)N)NC(=O)C(C)N)C(=O)NC(CCCN=C(N)N)C(=O)O. The normalized spacial score (nSPS) is 14.8. The van der Waals surface area contributed by atoms with Crippen molar-refractivity contribution in [3.63, 3.8) is 0 Å². The monoisotopic (exact) mass is 514 g/mol. The Balaban J connectivity index is 5.49. The molecule has 0 bridgehead atoms. The van der Waals surface area contributed by atoms with Crippen LogP contribution in [0.4, 0.5) is 0 Å². The van der Waals surface area contributed by atoms with E-state index in [-0.39, 0.29) is 43.8 Å². The minimum absolute atomic E-state index is 0.0802. The Bertz CT molecular complexity index is 794. The number of guanidine groups is 2. The average molecular weight is 515 g/mol. The first-order valence-electron chi connectivity index (χ1n) is 11.8. The number of carboxylic acid groups (broad SMARTS) is 1. The van der Waals surface area contributed by atoms with Crippen LogP contribution in [0, 0.1) is 5.92 Å². The lowest BCUT2D eigenvalue weighted by Gasteiger charge is -2.28. The number of nitrogens with zero attached hydrogens (tertiary/aromatic N) is 2. The molecule has 0 aromatic heterocycles. The number of carbonyl (C=O) groups is 4. The first kappa shape index (κ1) is 32.4. The maximum absolute atomic E-state index is 13.1. The highest BCUT2D eigenvalue weighted by molar-refractivity contribution is 5.94. The van der Waals surface area contributed by atoms with Gasteiger partial charge in [-0.25, -0.2) is 4.79 Å². The van der Waals surface area contributed by atoms with E-state index < -0.39 is 47.9 Å². The van der Waals surface area contributed by atoms with Gasteiger partial charge in [0.1, 0.15) is 18.1 Å². The first-order valence-corrected chi connectivity index (χ1v) is 11.8. The van der Waals surface area contributed by atoms with E-state index >= 15 is 0 Å². The number of carbonyl (C=O) groups excluding carboxylic acids is 3. The molecule has 0 aromatic carbocycles. The van der Waals surface area contributed by atoms with Gasteiger partial charge >= 0.3 is 5.97 Å². The number of carboxylic acids is 1. The lowest BCUT2D eigenvalue weighted by Crippen LogP contribution is -2.58. The molecule has 0 aliphatic heterocycles. The summed E-state index contributed by atoms with van der Waals surface area (Å²) in [6.07, 6.45) is 1.46. The third-order valence-corrected chi connectivity index (χ3v) is 5.34. The molecule has 0 rings (SSSR count). The van der Waals surface area contributed by atoms with Crippen molar-refractivity contribution in [2.75, 3.05) is 13.1 Å². The van der Waals surface area contributed by atoms with Gasteiger partial charge in [0.05, 0.1) is 6.04 Å². The van der Waals surface area contributed by atoms with Gasteiger partial charge in [-0.2, -0.15) is 0 Å². The number of aliphatic imine (C=N–C) groups is 2. The molecule has 0 aliphatic rings. The van der Waals surface area contributed by atoms with Gasteiger partial charge in [-0.3, -0.25) is 24.4 Å². The molecular weight excluding hydrogens is 472 g/mol. The fourth-order valence-corrected chi connectivity index (χ4v) is 3.05. The predicted molar refractivity (Wildman–Crippen MR) is 136 cm³/mol. The number of rotatable bonds is 17. The Morgan fingerprint density at radius 2 is 1.25 bits per heavy atom.